The Balaban J connectivity index is 1.14. The number of aryl methyl sites for hydroxylation is 1. The third-order valence-electron chi connectivity index (χ3n) is 7.75. The summed E-state index contributed by atoms with van der Waals surface area (Å²) in [5, 5.41) is 6.18. The van der Waals surface area contributed by atoms with Crippen LogP contribution in [0.5, 0.6) is 0 Å². The predicted octanol–water partition coefficient (Wildman–Crippen LogP) is 3.12. The van der Waals surface area contributed by atoms with Crippen molar-refractivity contribution in [1.82, 2.24) is 25.2 Å². The van der Waals surface area contributed by atoms with Crippen LogP contribution in [0.25, 0.3) is 10.9 Å². The molecule has 3 aliphatic rings. The summed E-state index contributed by atoms with van der Waals surface area (Å²) in [5.41, 5.74) is 1.89. The number of aromatic nitrogens is 3. The second kappa shape index (κ2) is 10.7. The Morgan fingerprint density at radius 2 is 2.08 bits per heavy atom. The zero-order chi connectivity index (χ0) is 27.0. The van der Waals surface area contributed by atoms with E-state index in [1.54, 1.807) is 6.20 Å². The van der Waals surface area contributed by atoms with Crippen LogP contribution in [0.1, 0.15) is 35.6 Å². The molecule has 6 rings (SSSR count). The quantitative estimate of drug-likeness (QED) is 0.470. The van der Waals surface area contributed by atoms with Gasteiger partial charge in [-0.25, -0.2) is 9.97 Å². The summed E-state index contributed by atoms with van der Waals surface area (Å²) < 4.78 is 51.9. The number of anilines is 1. The highest BCUT2D eigenvalue weighted by molar-refractivity contribution is 5.91. The third-order valence-corrected chi connectivity index (χ3v) is 7.75. The molecule has 1 aliphatic carbocycles. The maximum Gasteiger partial charge on any atom is 0.416 e. The predicted molar refractivity (Wildman–Crippen MR) is 136 cm³/mol. The number of halogens is 3. The number of fused-ring (bicyclic) bond motifs is 2. The van der Waals surface area contributed by atoms with Gasteiger partial charge in [0.15, 0.2) is 0 Å². The van der Waals surface area contributed by atoms with Gasteiger partial charge < -0.3 is 20.1 Å². The van der Waals surface area contributed by atoms with E-state index >= 15 is 0 Å². The van der Waals surface area contributed by atoms with Crippen molar-refractivity contribution in [3.05, 3.63) is 59.7 Å². The molecular weight excluding hydrogens is 513 g/mol. The molecule has 0 spiro atoms. The van der Waals surface area contributed by atoms with Gasteiger partial charge >= 0.3 is 6.18 Å². The molecule has 3 aromatic rings. The van der Waals surface area contributed by atoms with Gasteiger partial charge in [0.2, 0.25) is 5.91 Å². The minimum Gasteiger partial charge on any atom is -0.380 e. The fourth-order valence-corrected chi connectivity index (χ4v) is 5.73. The second-order valence-electron chi connectivity index (χ2n) is 10.2. The molecule has 2 aliphatic heterocycles. The molecule has 2 N–H and O–H groups in total. The van der Waals surface area contributed by atoms with Crippen LogP contribution in [-0.2, 0) is 26.9 Å². The smallest absolute Gasteiger partial charge is 0.380 e. The SMILES string of the molecule is O=C(CNc1ncnc2ccc(C(F)(F)F)cc12)N[C@H]1CN(C2CCOC2)C[C@@H]1OC1CCc2ccncc21. The normalized spacial score (nSPS) is 25.2. The average molecular weight is 543 g/mol. The number of hydrogen-bond donors (Lipinski definition) is 2. The molecule has 206 valence electrons. The fraction of sp³-hybridized carbons (Fsp3) is 0.481. The summed E-state index contributed by atoms with van der Waals surface area (Å²) in [6.07, 6.45) is 2.84. The minimum atomic E-state index is -4.50. The van der Waals surface area contributed by atoms with Crippen LogP contribution in [0.15, 0.2) is 43.0 Å². The summed E-state index contributed by atoms with van der Waals surface area (Å²) >= 11 is 0. The van der Waals surface area contributed by atoms with E-state index < -0.39 is 11.7 Å². The van der Waals surface area contributed by atoms with Crippen molar-refractivity contribution in [2.24, 2.45) is 0 Å². The van der Waals surface area contributed by atoms with Gasteiger partial charge in [0.1, 0.15) is 12.1 Å². The molecule has 9 nitrogen and oxygen atoms in total. The van der Waals surface area contributed by atoms with Crippen LogP contribution < -0.4 is 10.6 Å². The largest absolute Gasteiger partial charge is 0.416 e. The van der Waals surface area contributed by atoms with Crippen molar-refractivity contribution >= 4 is 22.6 Å². The molecule has 4 atom stereocenters. The van der Waals surface area contributed by atoms with E-state index in [-0.39, 0.29) is 47.9 Å². The first-order chi connectivity index (χ1) is 18.8. The van der Waals surface area contributed by atoms with Crippen molar-refractivity contribution in [1.29, 1.82) is 0 Å². The average Bonchev–Trinajstić information content (AvgIpc) is 3.68. The van der Waals surface area contributed by atoms with Gasteiger partial charge in [0, 0.05) is 49.1 Å². The number of hydrogen-bond acceptors (Lipinski definition) is 8. The van der Waals surface area contributed by atoms with E-state index in [1.807, 2.05) is 12.3 Å². The molecule has 2 saturated heterocycles. The monoisotopic (exact) mass is 542 g/mol. The Kier molecular flexibility index (Phi) is 7.08. The third kappa shape index (κ3) is 5.54. The first-order valence-electron chi connectivity index (χ1n) is 13.1. The van der Waals surface area contributed by atoms with Crippen LogP contribution in [0.4, 0.5) is 19.0 Å². The molecule has 1 amide bonds. The fourth-order valence-electron chi connectivity index (χ4n) is 5.73. The standard InChI is InChI=1S/C27H29F3N6O3/c28-27(29,30)17-2-3-21-19(9-17)26(34-15-33-21)32-11-25(37)35-22-12-36(18-6-8-38-14-18)13-24(22)39-23-4-1-16-5-7-31-10-20(16)23/h2-3,5,7,9-10,15,18,22-24H,1,4,6,8,11-14H2,(H,35,37)(H,32,33,34)/t18?,22-,23?,24-/m0/s1. The first kappa shape index (κ1) is 25.9. The van der Waals surface area contributed by atoms with Gasteiger partial charge in [-0.2, -0.15) is 13.2 Å². The molecule has 2 aromatic heterocycles. The molecule has 0 radical (unpaired) electrons. The molecule has 1 aromatic carbocycles. The zero-order valence-corrected chi connectivity index (χ0v) is 21.2. The number of carbonyl (C=O) groups excluding carboxylic acids is 1. The molecule has 2 fully saturated rings. The van der Waals surface area contributed by atoms with E-state index in [2.05, 4.69) is 30.5 Å². The van der Waals surface area contributed by atoms with E-state index in [4.69, 9.17) is 9.47 Å². The second-order valence-corrected chi connectivity index (χ2v) is 10.2. The summed E-state index contributed by atoms with van der Waals surface area (Å²) in [6.45, 7) is 2.52. The van der Waals surface area contributed by atoms with Crippen molar-refractivity contribution in [2.75, 3.05) is 38.2 Å². The number of likely N-dealkylation sites (tertiary alicyclic amines) is 1. The van der Waals surface area contributed by atoms with Crippen molar-refractivity contribution in [2.45, 2.75) is 49.7 Å². The van der Waals surface area contributed by atoms with Gasteiger partial charge in [-0.3, -0.25) is 14.7 Å². The maximum absolute atomic E-state index is 13.2. The van der Waals surface area contributed by atoms with Crippen molar-refractivity contribution in [3.63, 3.8) is 0 Å². The number of alkyl halides is 3. The zero-order valence-electron chi connectivity index (χ0n) is 21.2. The topological polar surface area (TPSA) is 102 Å². The molecule has 0 bridgehead atoms. The van der Waals surface area contributed by atoms with Crippen LogP contribution in [0.3, 0.4) is 0 Å². The van der Waals surface area contributed by atoms with E-state index in [9.17, 15) is 18.0 Å². The number of rotatable bonds is 7. The first-order valence-corrected chi connectivity index (χ1v) is 13.1. The Bertz CT molecular complexity index is 1350. The van der Waals surface area contributed by atoms with Crippen molar-refractivity contribution < 1.29 is 27.4 Å². The lowest BCUT2D eigenvalue weighted by Crippen LogP contribution is -2.46. The molecule has 0 saturated carbocycles. The number of pyridine rings is 1. The van der Waals surface area contributed by atoms with E-state index in [0.29, 0.717) is 25.2 Å². The summed E-state index contributed by atoms with van der Waals surface area (Å²) in [7, 11) is 0. The van der Waals surface area contributed by atoms with Gasteiger partial charge in [-0.15, -0.1) is 0 Å². The number of benzene rings is 1. The van der Waals surface area contributed by atoms with Crippen molar-refractivity contribution in [3.8, 4) is 0 Å². The van der Waals surface area contributed by atoms with Gasteiger partial charge in [0.05, 0.1) is 42.5 Å². The van der Waals surface area contributed by atoms with E-state index in [1.165, 1.54) is 18.0 Å². The summed E-state index contributed by atoms with van der Waals surface area (Å²) in [5.74, 6) is -0.134. The number of carbonyl (C=O) groups is 1. The molecular formula is C27H29F3N6O3. The lowest BCUT2D eigenvalue weighted by molar-refractivity contribution is -0.137. The summed E-state index contributed by atoms with van der Waals surface area (Å²) in [6, 6.07) is 5.32. The molecule has 12 heteroatoms. The van der Waals surface area contributed by atoms with Crippen LogP contribution in [0.2, 0.25) is 0 Å². The maximum atomic E-state index is 13.2. The molecule has 4 heterocycles. The molecule has 2 unspecified atom stereocenters. The Hall–Kier alpha value is -3.35. The molecule has 39 heavy (non-hydrogen) atoms. The Labute approximate surface area is 223 Å². The number of amides is 1. The minimum absolute atomic E-state index is 0.0776. The highest BCUT2D eigenvalue weighted by Crippen LogP contribution is 2.36. The Morgan fingerprint density at radius 1 is 1.18 bits per heavy atom. The lowest BCUT2D eigenvalue weighted by Gasteiger charge is -2.24. The van der Waals surface area contributed by atoms with Crippen LogP contribution in [-0.4, -0.2) is 76.8 Å². The van der Waals surface area contributed by atoms with Crippen LogP contribution >= 0.6 is 0 Å². The highest BCUT2D eigenvalue weighted by Gasteiger charge is 2.41. The number of ether oxygens (including phenoxy) is 2. The van der Waals surface area contributed by atoms with Crippen LogP contribution in [0, 0.1) is 0 Å². The van der Waals surface area contributed by atoms with Gasteiger partial charge in [-0.05, 0) is 49.1 Å². The highest BCUT2D eigenvalue weighted by atomic mass is 19.4. The van der Waals surface area contributed by atoms with Gasteiger partial charge in [-0.1, -0.05) is 0 Å². The summed E-state index contributed by atoms with van der Waals surface area (Å²) in [4.78, 5) is 27.7. The van der Waals surface area contributed by atoms with E-state index in [0.717, 1.165) is 43.6 Å². The number of nitrogens with one attached hydrogen (secondary N) is 2. The lowest BCUT2D eigenvalue weighted by atomic mass is 10.1. The Morgan fingerprint density at radius 3 is 2.90 bits per heavy atom. The van der Waals surface area contributed by atoms with Gasteiger partial charge in [0.25, 0.3) is 0 Å². The number of nitrogens with zero attached hydrogens (tertiary/aromatic N) is 4.